The van der Waals surface area contributed by atoms with Gasteiger partial charge in [-0.3, -0.25) is 0 Å². The summed E-state index contributed by atoms with van der Waals surface area (Å²) in [5.74, 6) is -0.208. The predicted octanol–water partition coefficient (Wildman–Crippen LogP) is -0.0588. The molecule has 0 N–H and O–H groups in total. The highest BCUT2D eigenvalue weighted by Crippen LogP contribution is 2.34. The maximum Gasteiger partial charge on any atom is 0.135 e. The molecule has 0 aliphatic heterocycles. The van der Waals surface area contributed by atoms with Crippen molar-refractivity contribution < 1.29 is 37.9 Å². The van der Waals surface area contributed by atoms with Gasteiger partial charge in [-0.15, -0.1) is 0 Å². The van der Waals surface area contributed by atoms with E-state index in [4.69, 9.17) is 37.9 Å². The second-order valence-corrected chi connectivity index (χ2v) is 15.6. The highest BCUT2D eigenvalue weighted by molar-refractivity contribution is 6.51. The van der Waals surface area contributed by atoms with Crippen molar-refractivity contribution >= 4 is 38.1 Å². The molecular formula is C20H50O8Si4. The minimum Gasteiger partial charge on any atom is -0.360 e. The van der Waals surface area contributed by atoms with E-state index < -0.39 is 38.1 Å². The van der Waals surface area contributed by atoms with Crippen LogP contribution in [0.4, 0.5) is 0 Å². The molecule has 0 rings (SSSR count). The molecule has 0 aliphatic rings. The van der Waals surface area contributed by atoms with Crippen LogP contribution in [0.1, 0.15) is 27.7 Å². The molecule has 2 unspecified atom stereocenters. The number of rotatable bonds is 23. The number of ether oxygens (including phenoxy) is 8. The van der Waals surface area contributed by atoms with E-state index in [1.807, 2.05) is 27.7 Å². The van der Waals surface area contributed by atoms with Crippen molar-refractivity contribution in [3.05, 3.63) is 0 Å². The molecule has 194 valence electrons. The standard InChI is InChI=1S/C20H50O8Si4/c1-9-25-19(26-10-2)30-14-16(32-20(27-11-3)28-12-4)15(31-18(23-7)24-8)13-29-17(21-5)22-6/h15-20H,9-14,29-32H2,1-8H3. The summed E-state index contributed by atoms with van der Waals surface area (Å²) in [6.45, 7) is 10.9. The maximum absolute atomic E-state index is 6.00. The van der Waals surface area contributed by atoms with Gasteiger partial charge in [-0.05, 0) is 38.8 Å². The van der Waals surface area contributed by atoms with Crippen LogP contribution in [0.3, 0.4) is 0 Å². The van der Waals surface area contributed by atoms with Crippen LogP contribution in [0.2, 0.25) is 23.2 Å². The van der Waals surface area contributed by atoms with E-state index in [-0.39, 0.29) is 23.7 Å². The van der Waals surface area contributed by atoms with Gasteiger partial charge in [0.05, 0.1) is 38.1 Å². The predicted molar refractivity (Wildman–Crippen MR) is 141 cm³/mol. The lowest BCUT2D eigenvalue weighted by molar-refractivity contribution is -0.0846. The molecule has 0 heterocycles. The normalized spacial score (nSPS) is 15.8. The van der Waals surface area contributed by atoms with Gasteiger partial charge >= 0.3 is 0 Å². The van der Waals surface area contributed by atoms with E-state index in [0.29, 0.717) is 37.5 Å². The first kappa shape index (κ1) is 32.5. The fourth-order valence-electron chi connectivity index (χ4n) is 4.05. The highest BCUT2D eigenvalue weighted by atomic mass is 28.2. The van der Waals surface area contributed by atoms with Gasteiger partial charge in [0.1, 0.15) is 23.7 Å². The fraction of sp³-hybridized carbons (Fsp3) is 1.00. The Kier molecular flexibility index (Phi) is 22.4. The molecule has 0 amide bonds. The lowest BCUT2D eigenvalue weighted by Crippen LogP contribution is -2.37. The van der Waals surface area contributed by atoms with Gasteiger partial charge < -0.3 is 37.9 Å². The maximum atomic E-state index is 6.00. The molecule has 0 fully saturated rings. The van der Waals surface area contributed by atoms with E-state index in [9.17, 15) is 0 Å². The summed E-state index contributed by atoms with van der Waals surface area (Å²) in [5, 5.41) is 0. The molecule has 0 saturated heterocycles. The molecular weight excluding hydrogens is 481 g/mol. The SMILES string of the molecule is CCOC(OCC)[SiH2]CC([SiH2]C(OCC)OCC)C(C[SiH2]C(OC)OC)[SiH2]C(OC)OC. The second kappa shape index (κ2) is 22.0. The summed E-state index contributed by atoms with van der Waals surface area (Å²) in [4.78, 5) is 0. The topological polar surface area (TPSA) is 73.8 Å². The van der Waals surface area contributed by atoms with Gasteiger partial charge in [0.2, 0.25) is 0 Å². The number of hydrogen-bond acceptors (Lipinski definition) is 8. The highest BCUT2D eigenvalue weighted by Gasteiger charge is 2.31. The Hall–Kier alpha value is 0.548. The molecule has 0 aliphatic carbocycles. The van der Waals surface area contributed by atoms with Crippen LogP contribution in [-0.2, 0) is 37.9 Å². The third-order valence-corrected chi connectivity index (χ3v) is 17.5. The molecule has 0 aromatic rings. The Bertz CT molecular complexity index is 394. The molecule has 0 bridgehead atoms. The monoisotopic (exact) mass is 530 g/mol. The zero-order valence-electron chi connectivity index (χ0n) is 21.8. The van der Waals surface area contributed by atoms with Crippen LogP contribution < -0.4 is 0 Å². The smallest absolute Gasteiger partial charge is 0.135 e. The van der Waals surface area contributed by atoms with Crippen molar-refractivity contribution in [3.63, 3.8) is 0 Å². The Morgan fingerprint density at radius 1 is 0.469 bits per heavy atom. The quantitative estimate of drug-likeness (QED) is 0.134. The summed E-state index contributed by atoms with van der Waals surface area (Å²) < 4.78 is 46.1. The summed E-state index contributed by atoms with van der Waals surface area (Å²) in [7, 11) is 4.47. The van der Waals surface area contributed by atoms with Crippen LogP contribution in [-0.4, -0.2) is 117 Å². The minimum atomic E-state index is -0.673. The second-order valence-electron chi connectivity index (χ2n) is 7.63. The first-order chi connectivity index (χ1) is 15.5. The Balaban J connectivity index is 5.59. The summed E-state index contributed by atoms with van der Waals surface area (Å²) >= 11 is 0. The molecule has 0 saturated carbocycles. The van der Waals surface area contributed by atoms with Crippen LogP contribution in [0.5, 0.6) is 0 Å². The van der Waals surface area contributed by atoms with Crippen molar-refractivity contribution in [1.29, 1.82) is 0 Å². The molecule has 32 heavy (non-hydrogen) atoms. The molecule has 0 aromatic heterocycles. The van der Waals surface area contributed by atoms with Crippen LogP contribution in [0, 0.1) is 0 Å². The minimum absolute atomic E-state index is 0.0231. The summed E-state index contributed by atoms with van der Waals surface area (Å²) in [5.41, 5.74) is 1.18. The van der Waals surface area contributed by atoms with Crippen LogP contribution in [0.15, 0.2) is 0 Å². The van der Waals surface area contributed by atoms with Gasteiger partial charge in [-0.1, -0.05) is 12.1 Å². The summed E-state index contributed by atoms with van der Waals surface area (Å²) in [6, 6.07) is 2.33. The van der Waals surface area contributed by atoms with Crippen LogP contribution >= 0.6 is 0 Å². The van der Waals surface area contributed by atoms with Crippen molar-refractivity contribution in [2.24, 2.45) is 0 Å². The van der Waals surface area contributed by atoms with Crippen molar-refractivity contribution in [2.75, 3.05) is 54.9 Å². The summed E-state index contributed by atoms with van der Waals surface area (Å²) in [6.07, 6.45) is 0. The first-order valence-corrected chi connectivity index (χ1v) is 19.0. The van der Waals surface area contributed by atoms with Crippen molar-refractivity contribution in [2.45, 2.75) is 74.5 Å². The Morgan fingerprint density at radius 3 is 1.19 bits per heavy atom. The third kappa shape index (κ3) is 14.7. The fourth-order valence-corrected chi connectivity index (χ4v) is 16.4. The number of methoxy groups -OCH3 is 4. The Labute approximate surface area is 205 Å². The average Bonchev–Trinajstić information content (AvgIpc) is 2.79. The van der Waals surface area contributed by atoms with E-state index >= 15 is 0 Å². The molecule has 12 heteroatoms. The van der Waals surface area contributed by atoms with E-state index in [1.165, 1.54) is 6.04 Å². The van der Waals surface area contributed by atoms with Crippen molar-refractivity contribution in [3.8, 4) is 0 Å². The largest absolute Gasteiger partial charge is 0.360 e. The van der Waals surface area contributed by atoms with Crippen LogP contribution in [0.25, 0.3) is 0 Å². The number of hydrogen-bond donors (Lipinski definition) is 0. The van der Waals surface area contributed by atoms with Gasteiger partial charge in [-0.2, -0.15) is 0 Å². The van der Waals surface area contributed by atoms with Crippen molar-refractivity contribution in [1.82, 2.24) is 0 Å². The van der Waals surface area contributed by atoms with Gasteiger partial charge in [-0.25, -0.2) is 0 Å². The third-order valence-electron chi connectivity index (χ3n) is 5.67. The lowest BCUT2D eigenvalue weighted by Gasteiger charge is -2.32. The molecule has 0 spiro atoms. The molecule has 0 radical (unpaired) electrons. The lowest BCUT2D eigenvalue weighted by atomic mass is 10.3. The molecule has 2 atom stereocenters. The van der Waals surface area contributed by atoms with E-state index in [0.717, 1.165) is 6.04 Å². The zero-order chi connectivity index (χ0) is 24.2. The average molecular weight is 531 g/mol. The molecule has 0 aromatic carbocycles. The Morgan fingerprint density at radius 2 is 0.812 bits per heavy atom. The van der Waals surface area contributed by atoms with E-state index in [1.54, 1.807) is 28.4 Å². The molecule has 8 nitrogen and oxygen atoms in total. The van der Waals surface area contributed by atoms with E-state index in [2.05, 4.69) is 0 Å². The van der Waals surface area contributed by atoms with Gasteiger partial charge in [0.25, 0.3) is 0 Å². The van der Waals surface area contributed by atoms with Gasteiger partial charge in [0, 0.05) is 54.9 Å². The van der Waals surface area contributed by atoms with Gasteiger partial charge in [0.15, 0.2) is 0 Å². The first-order valence-electron chi connectivity index (χ1n) is 12.1. The zero-order valence-corrected chi connectivity index (χ0v) is 27.5.